The van der Waals surface area contributed by atoms with E-state index in [-0.39, 0.29) is 0 Å². The first kappa shape index (κ1) is 19.7. The molecule has 1 aliphatic carbocycles. The number of hydrogen-bond acceptors (Lipinski definition) is 10. The fourth-order valence-corrected chi connectivity index (χ4v) is 2.16. The van der Waals surface area contributed by atoms with Gasteiger partial charge in [-0.2, -0.15) is 0 Å². The summed E-state index contributed by atoms with van der Waals surface area (Å²) in [6.07, 6.45) is 0. The zero-order valence-electron chi connectivity index (χ0n) is 14.1. The molecule has 10 nitrogen and oxygen atoms in total. The van der Waals surface area contributed by atoms with Gasteiger partial charge in [0.2, 0.25) is 0 Å². The van der Waals surface area contributed by atoms with E-state index in [0.717, 1.165) is 35.5 Å². The van der Waals surface area contributed by atoms with Crippen LogP contribution in [0.3, 0.4) is 0 Å². The van der Waals surface area contributed by atoms with Gasteiger partial charge in [0.15, 0.2) is 0 Å². The smallest absolute Gasteiger partial charge is 0.339 e. The van der Waals surface area contributed by atoms with Crippen LogP contribution in [0, 0.1) is 0 Å². The number of ether oxygens (including phenoxy) is 5. The normalized spacial score (nSPS) is 13.4. The Kier molecular flexibility index (Phi) is 6.31. The van der Waals surface area contributed by atoms with Gasteiger partial charge < -0.3 is 28.8 Å². The SMILES string of the molecule is COC(=O)C1=C(C(=O)OC)C(C(=O)OC)=C(C(=O)OC)C1=C([O-])OC. The molecule has 0 atom stereocenters. The maximum Gasteiger partial charge on any atom is 0.339 e. The minimum Gasteiger partial charge on any atom is -0.616 e. The summed E-state index contributed by atoms with van der Waals surface area (Å²) in [6, 6.07) is 0. The molecule has 0 spiro atoms. The van der Waals surface area contributed by atoms with Crippen molar-refractivity contribution in [3.63, 3.8) is 0 Å². The van der Waals surface area contributed by atoms with E-state index in [9.17, 15) is 24.3 Å². The Morgan fingerprint density at radius 3 is 1.08 bits per heavy atom. The van der Waals surface area contributed by atoms with Crippen LogP contribution in [0.5, 0.6) is 0 Å². The lowest BCUT2D eigenvalue weighted by atomic mass is 10.0. The lowest BCUT2D eigenvalue weighted by molar-refractivity contribution is -0.354. The minimum atomic E-state index is -1.17. The Morgan fingerprint density at radius 1 is 0.560 bits per heavy atom. The molecule has 0 aliphatic heterocycles. The predicted octanol–water partition coefficient (Wildman–Crippen LogP) is -1.50. The molecule has 0 aromatic heterocycles. The molecule has 0 saturated heterocycles. The summed E-state index contributed by atoms with van der Waals surface area (Å²) in [5, 5.41) is 12.1. The molecule has 0 radical (unpaired) electrons. The fraction of sp³-hybridized carbons (Fsp3) is 0.333. The summed E-state index contributed by atoms with van der Waals surface area (Å²) in [4.78, 5) is 48.6. The summed E-state index contributed by atoms with van der Waals surface area (Å²) in [5.74, 6) is -5.83. The van der Waals surface area contributed by atoms with Gasteiger partial charge in [0.1, 0.15) is 0 Å². The molecule has 0 heterocycles. The predicted molar refractivity (Wildman–Crippen MR) is 76.2 cm³/mol. The van der Waals surface area contributed by atoms with E-state index in [1.807, 2.05) is 0 Å². The van der Waals surface area contributed by atoms with Gasteiger partial charge in [-0.25, -0.2) is 19.2 Å². The molecule has 136 valence electrons. The second-order valence-corrected chi connectivity index (χ2v) is 4.33. The Bertz CT molecular complexity index is 669. The van der Waals surface area contributed by atoms with E-state index in [1.165, 1.54) is 0 Å². The summed E-state index contributed by atoms with van der Waals surface area (Å²) >= 11 is 0. The Balaban J connectivity index is 4.05. The number of rotatable bonds is 5. The van der Waals surface area contributed by atoms with Crippen LogP contribution in [0.4, 0.5) is 0 Å². The average Bonchev–Trinajstić information content (AvgIpc) is 3.00. The third kappa shape index (κ3) is 3.32. The summed E-state index contributed by atoms with van der Waals surface area (Å²) in [6.45, 7) is 0. The monoisotopic (exact) mass is 355 g/mol. The van der Waals surface area contributed by atoms with E-state index >= 15 is 0 Å². The second-order valence-electron chi connectivity index (χ2n) is 4.33. The molecule has 0 aromatic rings. The van der Waals surface area contributed by atoms with Crippen LogP contribution in [0.2, 0.25) is 0 Å². The molecule has 0 fully saturated rings. The first-order valence-corrected chi connectivity index (χ1v) is 6.58. The van der Waals surface area contributed by atoms with Gasteiger partial charge in [0, 0.05) is 5.57 Å². The van der Waals surface area contributed by atoms with Crippen molar-refractivity contribution in [1.82, 2.24) is 0 Å². The molecule has 0 aromatic carbocycles. The van der Waals surface area contributed by atoms with E-state index in [1.54, 1.807) is 0 Å². The molecule has 0 N–H and O–H groups in total. The van der Waals surface area contributed by atoms with Crippen molar-refractivity contribution in [2.24, 2.45) is 0 Å². The largest absolute Gasteiger partial charge is 0.616 e. The highest BCUT2D eigenvalue weighted by Gasteiger charge is 2.45. The molecule has 0 amide bonds. The summed E-state index contributed by atoms with van der Waals surface area (Å²) in [7, 11) is 4.90. The topological polar surface area (TPSA) is 137 Å². The quantitative estimate of drug-likeness (QED) is 0.325. The Labute approximate surface area is 142 Å². The van der Waals surface area contributed by atoms with Gasteiger partial charge in [-0.05, 0) is 7.11 Å². The van der Waals surface area contributed by atoms with Crippen molar-refractivity contribution in [2.75, 3.05) is 35.5 Å². The first-order valence-electron chi connectivity index (χ1n) is 6.58. The van der Waals surface area contributed by atoms with Gasteiger partial charge in [0.05, 0.1) is 56.7 Å². The first-order chi connectivity index (χ1) is 11.8. The van der Waals surface area contributed by atoms with Crippen LogP contribution in [-0.4, -0.2) is 59.4 Å². The number of methoxy groups -OCH3 is 5. The van der Waals surface area contributed by atoms with Crippen LogP contribution in [0.15, 0.2) is 33.8 Å². The molecule has 0 saturated carbocycles. The molecule has 10 heteroatoms. The lowest BCUT2D eigenvalue weighted by Crippen LogP contribution is -2.19. The zero-order chi connectivity index (χ0) is 19.3. The van der Waals surface area contributed by atoms with Crippen molar-refractivity contribution in [2.45, 2.75) is 0 Å². The maximum absolute atomic E-state index is 12.1. The Hall–Kier alpha value is -3.30. The highest BCUT2D eigenvalue weighted by Crippen LogP contribution is 2.40. The van der Waals surface area contributed by atoms with Crippen LogP contribution in [-0.2, 0) is 42.9 Å². The third-order valence-corrected chi connectivity index (χ3v) is 3.20. The van der Waals surface area contributed by atoms with Gasteiger partial charge in [-0.1, -0.05) is 0 Å². The van der Waals surface area contributed by atoms with Crippen molar-refractivity contribution >= 4 is 23.9 Å². The summed E-state index contributed by atoms with van der Waals surface area (Å²) in [5.41, 5.74) is -3.32. The molecule has 0 unspecified atom stereocenters. The van der Waals surface area contributed by atoms with Gasteiger partial charge in [-0.3, -0.25) is 0 Å². The van der Waals surface area contributed by atoms with E-state index in [0.29, 0.717) is 0 Å². The minimum absolute atomic E-state index is 0.665. The third-order valence-electron chi connectivity index (χ3n) is 3.20. The molecule has 25 heavy (non-hydrogen) atoms. The molecule has 0 bridgehead atoms. The highest BCUT2D eigenvalue weighted by molar-refractivity contribution is 6.22. The van der Waals surface area contributed by atoms with Crippen molar-refractivity contribution in [3.8, 4) is 0 Å². The number of esters is 4. The Morgan fingerprint density at radius 2 is 0.840 bits per heavy atom. The van der Waals surface area contributed by atoms with Crippen LogP contribution >= 0.6 is 0 Å². The van der Waals surface area contributed by atoms with Crippen molar-refractivity contribution in [1.29, 1.82) is 0 Å². The zero-order valence-corrected chi connectivity index (χ0v) is 14.1. The molecular weight excluding hydrogens is 340 g/mol. The van der Waals surface area contributed by atoms with Gasteiger partial charge in [-0.15, -0.1) is 0 Å². The maximum atomic E-state index is 12.1. The van der Waals surface area contributed by atoms with E-state index in [2.05, 4.69) is 23.7 Å². The van der Waals surface area contributed by atoms with Crippen LogP contribution < -0.4 is 5.11 Å². The number of carbonyl (C=O) groups excluding carboxylic acids is 4. The van der Waals surface area contributed by atoms with Crippen molar-refractivity contribution in [3.05, 3.63) is 33.8 Å². The van der Waals surface area contributed by atoms with Gasteiger partial charge in [0.25, 0.3) is 0 Å². The second kappa shape index (κ2) is 7.99. The molecular formula is C15H15O10-. The number of hydrogen-bond donors (Lipinski definition) is 0. The highest BCUT2D eigenvalue weighted by atomic mass is 16.6. The van der Waals surface area contributed by atoms with Crippen LogP contribution in [0.1, 0.15) is 0 Å². The van der Waals surface area contributed by atoms with Crippen molar-refractivity contribution < 1.29 is 48.0 Å². The van der Waals surface area contributed by atoms with E-state index in [4.69, 9.17) is 0 Å². The standard InChI is InChI=1S/C15H16O10/c1-21-11(16)6-7(12(17)22-2)9(14(19)24-4)10(15(20)25-5)8(6)13(18)23-3/h16H,1-5H3/p-1. The van der Waals surface area contributed by atoms with Crippen LogP contribution in [0.25, 0.3) is 0 Å². The summed E-state index contributed by atoms with van der Waals surface area (Å²) < 4.78 is 22.7. The van der Waals surface area contributed by atoms with E-state index < -0.39 is 57.7 Å². The molecule has 1 rings (SSSR count). The lowest BCUT2D eigenvalue weighted by Gasteiger charge is -2.16. The number of carbonyl (C=O) groups is 4. The fourth-order valence-electron chi connectivity index (χ4n) is 2.16. The molecule has 1 aliphatic rings. The average molecular weight is 355 g/mol. The van der Waals surface area contributed by atoms with Gasteiger partial charge >= 0.3 is 23.9 Å².